The molecule has 0 fully saturated rings. The van der Waals surface area contributed by atoms with Crippen molar-refractivity contribution in [3.8, 4) is 16.9 Å². The van der Waals surface area contributed by atoms with Gasteiger partial charge in [0.25, 0.3) is 17.4 Å². The molecule has 0 aliphatic rings. The Hall–Kier alpha value is -4.46. The molecule has 2 heterocycles. The third-order valence-corrected chi connectivity index (χ3v) is 4.62. The normalized spacial score (nSPS) is 10.5. The van der Waals surface area contributed by atoms with E-state index in [1.54, 1.807) is 23.9 Å². The van der Waals surface area contributed by atoms with Gasteiger partial charge in [0.1, 0.15) is 11.3 Å². The molecular weight excluding hydrogens is 394 g/mol. The summed E-state index contributed by atoms with van der Waals surface area (Å²) < 4.78 is 1.60. The highest BCUT2D eigenvalue weighted by molar-refractivity contribution is 6.02. The van der Waals surface area contributed by atoms with Gasteiger partial charge in [-0.25, -0.2) is 4.68 Å². The number of nitrogens with zero attached hydrogens (tertiary/aromatic N) is 2. The number of para-hydroxylation sites is 1. The van der Waals surface area contributed by atoms with E-state index >= 15 is 0 Å². The van der Waals surface area contributed by atoms with E-state index in [4.69, 9.17) is 0 Å². The van der Waals surface area contributed by atoms with Crippen molar-refractivity contribution in [3.05, 3.63) is 106 Å². The van der Waals surface area contributed by atoms with Crippen molar-refractivity contribution in [1.82, 2.24) is 25.6 Å². The van der Waals surface area contributed by atoms with E-state index in [2.05, 4.69) is 20.9 Å². The van der Waals surface area contributed by atoms with Crippen molar-refractivity contribution in [2.24, 2.45) is 0 Å². The zero-order chi connectivity index (χ0) is 21.8. The van der Waals surface area contributed by atoms with Crippen LogP contribution in [-0.4, -0.2) is 26.6 Å². The summed E-state index contributed by atoms with van der Waals surface area (Å²) in [4.78, 5) is 39.7. The number of H-pyrrole nitrogens is 1. The molecule has 4 rings (SSSR count). The second kappa shape index (κ2) is 8.50. The van der Waals surface area contributed by atoms with Crippen LogP contribution in [0.1, 0.15) is 26.4 Å². The van der Waals surface area contributed by atoms with Crippen LogP contribution in [-0.2, 0) is 0 Å². The minimum atomic E-state index is -0.716. The van der Waals surface area contributed by atoms with E-state index in [1.165, 1.54) is 6.07 Å². The van der Waals surface area contributed by atoms with E-state index in [0.717, 1.165) is 11.3 Å². The third-order valence-electron chi connectivity index (χ3n) is 4.62. The van der Waals surface area contributed by atoms with Gasteiger partial charge in [-0.15, -0.1) is 0 Å². The molecule has 0 radical (unpaired) electrons. The number of aryl methyl sites for hydroxylation is 1. The number of amides is 2. The Bertz CT molecular complexity index is 1290. The average molecular weight is 413 g/mol. The number of carbonyl (C=O) groups excluding carboxylic acids is 2. The summed E-state index contributed by atoms with van der Waals surface area (Å²) in [5.74, 6) is -1.27. The number of hydrogen-bond acceptors (Lipinski definition) is 4. The summed E-state index contributed by atoms with van der Waals surface area (Å²) in [6.07, 6.45) is 1.60. The molecule has 2 amide bonds. The van der Waals surface area contributed by atoms with E-state index < -0.39 is 17.4 Å². The van der Waals surface area contributed by atoms with Gasteiger partial charge < -0.3 is 4.98 Å². The Morgan fingerprint density at radius 3 is 2.10 bits per heavy atom. The van der Waals surface area contributed by atoms with Gasteiger partial charge >= 0.3 is 0 Å². The Labute approximate surface area is 177 Å². The number of benzene rings is 2. The smallest absolute Gasteiger partial charge is 0.275 e. The number of hydrazine groups is 1. The number of carbonyl (C=O) groups is 2. The molecule has 2 aromatic heterocycles. The second-order valence-corrected chi connectivity index (χ2v) is 6.83. The highest BCUT2D eigenvalue weighted by Gasteiger charge is 2.20. The molecule has 0 atom stereocenters. The van der Waals surface area contributed by atoms with Gasteiger partial charge in [-0.3, -0.25) is 25.2 Å². The van der Waals surface area contributed by atoms with Crippen molar-refractivity contribution >= 4 is 11.8 Å². The zero-order valence-corrected chi connectivity index (χ0v) is 16.6. The van der Waals surface area contributed by atoms with Gasteiger partial charge in [0.2, 0.25) is 0 Å². The molecule has 0 bridgehead atoms. The van der Waals surface area contributed by atoms with Crippen molar-refractivity contribution in [2.45, 2.75) is 6.92 Å². The van der Waals surface area contributed by atoms with Crippen molar-refractivity contribution < 1.29 is 9.59 Å². The monoisotopic (exact) mass is 413 g/mol. The predicted octanol–water partition coefficient (Wildman–Crippen LogP) is 2.61. The van der Waals surface area contributed by atoms with E-state index in [0.29, 0.717) is 11.4 Å². The first-order valence-electron chi connectivity index (χ1n) is 9.54. The average Bonchev–Trinajstić information content (AvgIpc) is 3.24. The van der Waals surface area contributed by atoms with Crippen LogP contribution in [0.5, 0.6) is 0 Å². The maximum absolute atomic E-state index is 12.9. The largest absolute Gasteiger partial charge is 0.326 e. The quantitative estimate of drug-likeness (QED) is 0.447. The molecule has 4 aromatic rings. The first-order valence-corrected chi connectivity index (χ1v) is 9.54. The molecule has 31 heavy (non-hydrogen) atoms. The lowest BCUT2D eigenvalue weighted by Crippen LogP contribution is -2.43. The van der Waals surface area contributed by atoms with Gasteiger partial charge in [-0.1, -0.05) is 48.5 Å². The van der Waals surface area contributed by atoms with Crippen LogP contribution in [0.25, 0.3) is 16.9 Å². The first kappa shape index (κ1) is 19.8. The fraction of sp³-hybridized carbons (Fsp3) is 0.0435. The van der Waals surface area contributed by atoms with Crippen LogP contribution < -0.4 is 16.4 Å². The molecule has 154 valence electrons. The van der Waals surface area contributed by atoms with E-state index in [-0.39, 0.29) is 11.1 Å². The van der Waals surface area contributed by atoms with Gasteiger partial charge in [0.15, 0.2) is 0 Å². The maximum atomic E-state index is 12.9. The Morgan fingerprint density at radius 2 is 1.45 bits per heavy atom. The molecule has 0 aliphatic heterocycles. The van der Waals surface area contributed by atoms with Crippen LogP contribution in [0.2, 0.25) is 0 Å². The Balaban J connectivity index is 1.61. The number of pyridine rings is 1. The predicted molar refractivity (Wildman–Crippen MR) is 116 cm³/mol. The Morgan fingerprint density at radius 1 is 0.839 bits per heavy atom. The summed E-state index contributed by atoms with van der Waals surface area (Å²) >= 11 is 0. The summed E-state index contributed by atoms with van der Waals surface area (Å²) in [5.41, 5.74) is 6.93. The van der Waals surface area contributed by atoms with E-state index in [1.807, 2.05) is 60.7 Å². The number of rotatable bonds is 4. The van der Waals surface area contributed by atoms with Crippen LogP contribution in [0.4, 0.5) is 0 Å². The zero-order valence-electron chi connectivity index (χ0n) is 16.6. The van der Waals surface area contributed by atoms with Crippen LogP contribution >= 0.6 is 0 Å². The first-order chi connectivity index (χ1) is 15.0. The number of nitrogens with one attached hydrogen (secondary N) is 3. The Kier molecular flexibility index (Phi) is 5.44. The summed E-state index contributed by atoms with van der Waals surface area (Å²) in [7, 11) is 0. The van der Waals surface area contributed by atoms with Crippen molar-refractivity contribution in [2.75, 3.05) is 0 Å². The molecule has 2 aromatic carbocycles. The minimum absolute atomic E-state index is 0.103. The topological polar surface area (TPSA) is 109 Å². The van der Waals surface area contributed by atoms with Crippen molar-refractivity contribution in [1.29, 1.82) is 0 Å². The molecule has 8 heteroatoms. The SMILES string of the molecule is Cc1ccc(C(=O)NNC(=O)c2cn(-c3ccccc3)nc2-c2ccccc2)c(=O)[nH]1. The number of aromatic amines is 1. The molecular formula is C23H19N5O3. The lowest BCUT2D eigenvalue weighted by Gasteiger charge is -2.07. The highest BCUT2D eigenvalue weighted by Crippen LogP contribution is 2.23. The van der Waals surface area contributed by atoms with Gasteiger partial charge in [-0.2, -0.15) is 5.10 Å². The second-order valence-electron chi connectivity index (χ2n) is 6.83. The molecule has 3 N–H and O–H groups in total. The van der Waals surface area contributed by atoms with Crippen LogP contribution in [0, 0.1) is 6.92 Å². The maximum Gasteiger partial charge on any atom is 0.275 e. The molecule has 0 aliphatic carbocycles. The molecule has 0 saturated heterocycles. The number of hydrogen-bond donors (Lipinski definition) is 3. The lowest BCUT2D eigenvalue weighted by molar-refractivity contribution is 0.0846. The third kappa shape index (κ3) is 4.27. The molecule has 0 unspecified atom stereocenters. The summed E-state index contributed by atoms with van der Waals surface area (Å²) in [5, 5.41) is 4.57. The van der Waals surface area contributed by atoms with Crippen molar-refractivity contribution in [3.63, 3.8) is 0 Å². The molecule has 0 saturated carbocycles. The van der Waals surface area contributed by atoms with Gasteiger partial charge in [-0.05, 0) is 31.2 Å². The number of aromatic nitrogens is 3. The summed E-state index contributed by atoms with van der Waals surface area (Å²) in [6.45, 7) is 1.71. The molecule has 8 nitrogen and oxygen atoms in total. The standard InChI is InChI=1S/C23H19N5O3/c1-15-12-13-18(21(29)24-15)22(30)25-26-23(31)19-14-28(17-10-6-3-7-11-17)27-20(19)16-8-4-2-5-9-16/h2-14H,1H3,(H,24,29)(H,25,30)(H,26,31). The summed E-state index contributed by atoms with van der Waals surface area (Å²) in [6, 6.07) is 21.7. The van der Waals surface area contributed by atoms with E-state index in [9.17, 15) is 14.4 Å². The fourth-order valence-electron chi connectivity index (χ4n) is 3.06. The molecule has 0 spiro atoms. The van der Waals surface area contributed by atoms with Crippen LogP contribution in [0.3, 0.4) is 0 Å². The lowest BCUT2D eigenvalue weighted by atomic mass is 10.1. The fourth-order valence-corrected chi connectivity index (χ4v) is 3.06. The van der Waals surface area contributed by atoms with Gasteiger partial charge in [0, 0.05) is 17.5 Å². The highest BCUT2D eigenvalue weighted by atomic mass is 16.2. The van der Waals surface area contributed by atoms with Gasteiger partial charge in [0.05, 0.1) is 11.3 Å². The minimum Gasteiger partial charge on any atom is -0.326 e. The van der Waals surface area contributed by atoms with Crippen LogP contribution in [0.15, 0.2) is 83.8 Å².